The SMILES string of the molecule is Clc1cccc(Cl)c1-c1noc(C2CCC2)c1CC1OCO1. The molecule has 2 heterocycles. The van der Waals surface area contributed by atoms with Crippen LogP contribution in [0.3, 0.4) is 0 Å². The lowest BCUT2D eigenvalue weighted by atomic mass is 9.81. The van der Waals surface area contributed by atoms with Crippen molar-refractivity contribution < 1.29 is 14.0 Å². The summed E-state index contributed by atoms with van der Waals surface area (Å²) < 4.78 is 16.4. The minimum Gasteiger partial charge on any atom is -0.360 e. The highest BCUT2D eigenvalue weighted by Crippen LogP contribution is 2.44. The van der Waals surface area contributed by atoms with Crippen LogP contribution in [-0.2, 0) is 15.9 Å². The van der Waals surface area contributed by atoms with Gasteiger partial charge >= 0.3 is 0 Å². The topological polar surface area (TPSA) is 44.5 Å². The van der Waals surface area contributed by atoms with Crippen LogP contribution < -0.4 is 0 Å². The van der Waals surface area contributed by atoms with Crippen LogP contribution in [0.15, 0.2) is 22.7 Å². The van der Waals surface area contributed by atoms with Gasteiger partial charge in [-0.25, -0.2) is 0 Å². The number of aromatic nitrogens is 1. The zero-order valence-corrected chi connectivity index (χ0v) is 13.4. The van der Waals surface area contributed by atoms with Gasteiger partial charge in [0.2, 0.25) is 0 Å². The number of nitrogens with zero attached hydrogens (tertiary/aromatic N) is 1. The van der Waals surface area contributed by atoms with Gasteiger partial charge < -0.3 is 14.0 Å². The minimum absolute atomic E-state index is 0.238. The van der Waals surface area contributed by atoms with Crippen LogP contribution in [0, 0.1) is 0 Å². The maximum absolute atomic E-state index is 6.33. The van der Waals surface area contributed by atoms with Crippen molar-refractivity contribution in [1.29, 1.82) is 0 Å². The maximum atomic E-state index is 6.33. The van der Waals surface area contributed by atoms with Crippen molar-refractivity contribution in [2.75, 3.05) is 6.79 Å². The molecule has 0 atom stereocenters. The van der Waals surface area contributed by atoms with E-state index >= 15 is 0 Å². The van der Waals surface area contributed by atoms with Crippen LogP contribution in [0.1, 0.15) is 36.5 Å². The molecular weight excluding hydrogens is 325 g/mol. The van der Waals surface area contributed by atoms with Crippen LogP contribution in [-0.4, -0.2) is 18.2 Å². The van der Waals surface area contributed by atoms with Crippen LogP contribution in [0.25, 0.3) is 11.3 Å². The average molecular weight is 340 g/mol. The third-order valence-electron chi connectivity index (χ3n) is 4.37. The Labute approximate surface area is 138 Å². The summed E-state index contributed by atoms with van der Waals surface area (Å²) in [4.78, 5) is 0. The van der Waals surface area contributed by atoms with E-state index in [-0.39, 0.29) is 6.29 Å². The van der Waals surface area contributed by atoms with Crippen molar-refractivity contribution in [2.24, 2.45) is 0 Å². The van der Waals surface area contributed by atoms with E-state index in [1.807, 2.05) is 6.07 Å². The number of hydrogen-bond acceptors (Lipinski definition) is 4. The Morgan fingerprint density at radius 2 is 1.86 bits per heavy atom. The quantitative estimate of drug-likeness (QED) is 0.803. The number of rotatable bonds is 4. The standard InChI is InChI=1S/C16H15Cl2NO3/c17-11-5-2-6-12(18)14(11)15-10(7-13-20-8-21-13)16(22-19-15)9-3-1-4-9/h2,5-6,9,13H,1,3-4,7-8H2. The summed E-state index contributed by atoms with van der Waals surface area (Å²) in [5.74, 6) is 1.36. The van der Waals surface area contributed by atoms with Gasteiger partial charge in [0.15, 0.2) is 13.1 Å². The molecule has 116 valence electrons. The van der Waals surface area contributed by atoms with Gasteiger partial charge in [0.05, 0.1) is 10.0 Å². The summed E-state index contributed by atoms with van der Waals surface area (Å²) in [6.45, 7) is 0.344. The van der Waals surface area contributed by atoms with Crippen molar-refractivity contribution in [3.8, 4) is 11.3 Å². The molecule has 1 saturated heterocycles. The summed E-state index contributed by atoms with van der Waals surface area (Å²) in [6.07, 6.45) is 3.85. The molecule has 0 amide bonds. The van der Waals surface area contributed by atoms with E-state index in [0.29, 0.717) is 34.9 Å². The number of benzene rings is 1. The molecule has 6 heteroatoms. The second-order valence-corrected chi connectivity index (χ2v) is 6.50. The second kappa shape index (κ2) is 5.85. The van der Waals surface area contributed by atoms with Gasteiger partial charge in [0.25, 0.3) is 0 Å². The predicted molar refractivity (Wildman–Crippen MR) is 83.1 cm³/mol. The lowest BCUT2D eigenvalue weighted by Gasteiger charge is -2.28. The molecule has 0 unspecified atom stereocenters. The first-order valence-electron chi connectivity index (χ1n) is 7.40. The van der Waals surface area contributed by atoms with Gasteiger partial charge in [-0.3, -0.25) is 0 Å². The summed E-state index contributed by atoms with van der Waals surface area (Å²) >= 11 is 12.7. The summed E-state index contributed by atoms with van der Waals surface area (Å²) in [5, 5.41) is 5.40. The summed E-state index contributed by atoms with van der Waals surface area (Å²) in [7, 11) is 0. The lowest BCUT2D eigenvalue weighted by Crippen LogP contribution is -2.32. The second-order valence-electron chi connectivity index (χ2n) is 5.68. The summed E-state index contributed by atoms with van der Waals surface area (Å²) in [5.41, 5.74) is 2.43. The molecule has 4 nitrogen and oxygen atoms in total. The Hall–Kier alpha value is -1.07. The van der Waals surface area contributed by atoms with Crippen LogP contribution in [0.2, 0.25) is 10.0 Å². The molecule has 1 aromatic carbocycles. The van der Waals surface area contributed by atoms with Gasteiger partial charge in [0.1, 0.15) is 11.5 Å². The van der Waals surface area contributed by atoms with Crippen molar-refractivity contribution >= 4 is 23.2 Å². The Morgan fingerprint density at radius 1 is 1.14 bits per heavy atom. The van der Waals surface area contributed by atoms with E-state index in [1.165, 1.54) is 6.42 Å². The van der Waals surface area contributed by atoms with E-state index < -0.39 is 0 Å². The number of ether oxygens (including phenoxy) is 2. The molecule has 1 aliphatic carbocycles. The molecular formula is C16H15Cl2NO3. The monoisotopic (exact) mass is 339 g/mol. The fraction of sp³-hybridized carbons (Fsp3) is 0.438. The molecule has 1 saturated carbocycles. The first-order chi connectivity index (χ1) is 10.7. The van der Waals surface area contributed by atoms with Crippen molar-refractivity contribution in [2.45, 2.75) is 37.9 Å². The third-order valence-corrected chi connectivity index (χ3v) is 5.00. The maximum Gasteiger partial charge on any atom is 0.167 e. The lowest BCUT2D eigenvalue weighted by molar-refractivity contribution is -0.318. The largest absolute Gasteiger partial charge is 0.360 e. The molecule has 0 radical (unpaired) electrons. The molecule has 1 aliphatic heterocycles. The normalized spacial score (nSPS) is 19.0. The zero-order valence-electron chi connectivity index (χ0n) is 11.9. The zero-order chi connectivity index (χ0) is 15.1. The van der Waals surface area contributed by atoms with Gasteiger partial charge in [-0.2, -0.15) is 0 Å². The fourth-order valence-corrected chi connectivity index (χ4v) is 3.46. The number of hydrogen-bond donors (Lipinski definition) is 0. The number of halogens is 2. The molecule has 0 N–H and O–H groups in total. The van der Waals surface area contributed by atoms with Crippen molar-refractivity contribution in [1.82, 2.24) is 5.16 Å². The van der Waals surface area contributed by atoms with Crippen LogP contribution in [0.5, 0.6) is 0 Å². The minimum atomic E-state index is -0.238. The van der Waals surface area contributed by atoms with E-state index in [1.54, 1.807) is 12.1 Å². The molecule has 22 heavy (non-hydrogen) atoms. The fourth-order valence-electron chi connectivity index (χ4n) is 2.88. The van der Waals surface area contributed by atoms with Gasteiger partial charge in [-0.15, -0.1) is 0 Å². The van der Waals surface area contributed by atoms with Crippen LogP contribution in [0.4, 0.5) is 0 Å². The molecule has 0 bridgehead atoms. The Morgan fingerprint density at radius 3 is 2.41 bits per heavy atom. The average Bonchev–Trinajstić information content (AvgIpc) is 2.75. The molecule has 2 fully saturated rings. The van der Waals surface area contributed by atoms with E-state index in [9.17, 15) is 0 Å². The molecule has 1 aromatic heterocycles. The van der Waals surface area contributed by atoms with E-state index in [0.717, 1.165) is 29.7 Å². The van der Waals surface area contributed by atoms with Crippen LogP contribution >= 0.6 is 23.2 Å². The first kappa shape index (κ1) is 14.5. The first-order valence-corrected chi connectivity index (χ1v) is 8.15. The highest BCUT2D eigenvalue weighted by Gasteiger charge is 2.33. The Kier molecular flexibility index (Phi) is 3.86. The smallest absolute Gasteiger partial charge is 0.167 e. The molecule has 2 aliphatic rings. The van der Waals surface area contributed by atoms with E-state index in [4.69, 9.17) is 37.2 Å². The van der Waals surface area contributed by atoms with E-state index in [2.05, 4.69) is 5.16 Å². The molecule has 4 rings (SSSR count). The molecule has 2 aromatic rings. The van der Waals surface area contributed by atoms with Crippen molar-refractivity contribution in [3.63, 3.8) is 0 Å². The van der Waals surface area contributed by atoms with Gasteiger partial charge in [-0.05, 0) is 25.0 Å². The predicted octanol–water partition coefficient (Wildman–Crippen LogP) is 4.79. The highest BCUT2D eigenvalue weighted by molar-refractivity contribution is 6.39. The van der Waals surface area contributed by atoms with Gasteiger partial charge in [0, 0.05) is 23.5 Å². The third kappa shape index (κ3) is 2.44. The Balaban J connectivity index is 1.79. The Bertz CT molecular complexity index is 672. The van der Waals surface area contributed by atoms with Gasteiger partial charge in [-0.1, -0.05) is 40.8 Å². The summed E-state index contributed by atoms with van der Waals surface area (Å²) in [6, 6.07) is 5.43. The van der Waals surface area contributed by atoms with Crippen molar-refractivity contribution in [3.05, 3.63) is 39.6 Å². The molecule has 0 spiro atoms. The highest BCUT2D eigenvalue weighted by atomic mass is 35.5.